The van der Waals surface area contributed by atoms with Crippen LogP contribution in [0.15, 0.2) is 0 Å². The van der Waals surface area contributed by atoms with Crippen LogP contribution in [-0.4, -0.2) is 23.5 Å². The maximum absolute atomic E-state index is 3.85. The SMILES string of the molecule is [CH2]CCCN(C(C)C)C(C)C. The molecular formula is C10H22N. The molecule has 1 radical (unpaired) electrons. The fourth-order valence-corrected chi connectivity index (χ4v) is 1.41. The van der Waals surface area contributed by atoms with Crippen molar-refractivity contribution in [3.05, 3.63) is 6.92 Å². The summed E-state index contributed by atoms with van der Waals surface area (Å²) in [5.74, 6) is 0. The van der Waals surface area contributed by atoms with Gasteiger partial charge in [-0.25, -0.2) is 0 Å². The molecule has 0 atom stereocenters. The molecule has 1 heteroatoms. The quantitative estimate of drug-likeness (QED) is 0.591. The van der Waals surface area contributed by atoms with Crippen LogP contribution in [0, 0.1) is 6.92 Å². The monoisotopic (exact) mass is 156 g/mol. The summed E-state index contributed by atoms with van der Waals surface area (Å²) in [6.07, 6.45) is 2.27. The Labute approximate surface area is 71.8 Å². The molecule has 0 unspecified atom stereocenters. The van der Waals surface area contributed by atoms with E-state index < -0.39 is 0 Å². The van der Waals surface area contributed by atoms with Crippen LogP contribution in [0.5, 0.6) is 0 Å². The molecule has 1 nitrogen and oxygen atoms in total. The van der Waals surface area contributed by atoms with E-state index in [0.717, 1.165) is 6.42 Å². The third kappa shape index (κ3) is 4.41. The fraction of sp³-hybridized carbons (Fsp3) is 0.900. The van der Waals surface area contributed by atoms with E-state index in [4.69, 9.17) is 0 Å². The predicted octanol–water partition coefficient (Wildman–Crippen LogP) is 2.72. The lowest BCUT2D eigenvalue weighted by atomic mass is 10.2. The lowest BCUT2D eigenvalue weighted by molar-refractivity contribution is 0.173. The first-order chi connectivity index (χ1) is 5.09. The van der Waals surface area contributed by atoms with E-state index in [-0.39, 0.29) is 0 Å². The summed E-state index contributed by atoms with van der Waals surface area (Å²) in [7, 11) is 0. The van der Waals surface area contributed by atoms with E-state index >= 15 is 0 Å². The number of nitrogens with zero attached hydrogens (tertiary/aromatic N) is 1. The van der Waals surface area contributed by atoms with E-state index in [1.54, 1.807) is 0 Å². The third-order valence-corrected chi connectivity index (χ3v) is 1.99. The molecule has 0 fully saturated rings. The van der Waals surface area contributed by atoms with Crippen LogP contribution in [0.25, 0.3) is 0 Å². The average molecular weight is 156 g/mol. The van der Waals surface area contributed by atoms with Crippen molar-refractivity contribution in [1.82, 2.24) is 4.90 Å². The second kappa shape index (κ2) is 5.59. The normalized spacial score (nSPS) is 12.0. The minimum absolute atomic E-state index is 0.668. The van der Waals surface area contributed by atoms with Gasteiger partial charge in [-0.3, -0.25) is 4.90 Å². The minimum atomic E-state index is 0.668. The van der Waals surface area contributed by atoms with E-state index in [2.05, 4.69) is 39.5 Å². The zero-order chi connectivity index (χ0) is 8.85. The first-order valence-corrected chi connectivity index (χ1v) is 4.64. The Morgan fingerprint density at radius 3 is 1.82 bits per heavy atom. The van der Waals surface area contributed by atoms with Gasteiger partial charge in [0.2, 0.25) is 0 Å². The molecule has 0 aromatic carbocycles. The highest BCUT2D eigenvalue weighted by molar-refractivity contribution is 4.66. The van der Waals surface area contributed by atoms with Gasteiger partial charge in [0.25, 0.3) is 0 Å². The average Bonchev–Trinajstić information content (AvgIpc) is 1.87. The molecule has 0 bridgehead atoms. The Morgan fingerprint density at radius 1 is 1.09 bits per heavy atom. The lowest BCUT2D eigenvalue weighted by Gasteiger charge is -2.30. The molecule has 0 aromatic heterocycles. The Bertz CT molecular complexity index is 78.9. The molecule has 0 aliphatic heterocycles. The van der Waals surface area contributed by atoms with Crippen molar-refractivity contribution in [3.63, 3.8) is 0 Å². The molecule has 0 saturated heterocycles. The second-order valence-corrected chi connectivity index (χ2v) is 3.63. The molecule has 11 heavy (non-hydrogen) atoms. The first kappa shape index (κ1) is 11.0. The van der Waals surface area contributed by atoms with Gasteiger partial charge in [0.05, 0.1) is 0 Å². The number of hydrogen-bond acceptors (Lipinski definition) is 1. The predicted molar refractivity (Wildman–Crippen MR) is 51.6 cm³/mol. The minimum Gasteiger partial charge on any atom is -0.299 e. The maximum Gasteiger partial charge on any atom is 0.00412 e. The van der Waals surface area contributed by atoms with Gasteiger partial charge in [-0.2, -0.15) is 0 Å². The second-order valence-electron chi connectivity index (χ2n) is 3.63. The van der Waals surface area contributed by atoms with Gasteiger partial charge in [0, 0.05) is 12.1 Å². The molecule has 0 N–H and O–H groups in total. The third-order valence-electron chi connectivity index (χ3n) is 1.99. The standard InChI is InChI=1S/C10H22N/c1-6-7-8-11(9(2)3)10(4)5/h9-10H,1,6-8H2,2-5H3. The maximum atomic E-state index is 3.85. The summed E-state index contributed by atoms with van der Waals surface area (Å²) >= 11 is 0. The van der Waals surface area contributed by atoms with Gasteiger partial charge in [0.1, 0.15) is 0 Å². The first-order valence-electron chi connectivity index (χ1n) is 4.64. The molecule has 0 saturated carbocycles. The van der Waals surface area contributed by atoms with Crippen LogP contribution in [-0.2, 0) is 0 Å². The molecule has 0 amide bonds. The Kier molecular flexibility index (Phi) is 5.57. The number of unbranched alkanes of at least 4 members (excludes halogenated alkanes) is 1. The molecule has 0 aliphatic carbocycles. The summed E-state index contributed by atoms with van der Waals surface area (Å²) in [6, 6.07) is 1.34. The highest BCUT2D eigenvalue weighted by Crippen LogP contribution is 2.06. The van der Waals surface area contributed by atoms with Crippen LogP contribution >= 0.6 is 0 Å². The van der Waals surface area contributed by atoms with Crippen LogP contribution in [0.1, 0.15) is 40.5 Å². The summed E-state index contributed by atoms with van der Waals surface area (Å²) in [6.45, 7) is 14.1. The van der Waals surface area contributed by atoms with Crippen LogP contribution < -0.4 is 0 Å². The Morgan fingerprint density at radius 2 is 1.55 bits per heavy atom. The summed E-state index contributed by atoms with van der Waals surface area (Å²) in [4.78, 5) is 2.51. The molecule has 67 valence electrons. The highest BCUT2D eigenvalue weighted by atomic mass is 15.2. The van der Waals surface area contributed by atoms with Crippen molar-refractivity contribution in [1.29, 1.82) is 0 Å². The molecule has 0 rings (SSSR count). The lowest BCUT2D eigenvalue weighted by Crippen LogP contribution is -2.37. The largest absolute Gasteiger partial charge is 0.299 e. The molecule has 0 heterocycles. The van der Waals surface area contributed by atoms with Gasteiger partial charge in [-0.15, -0.1) is 0 Å². The summed E-state index contributed by atoms with van der Waals surface area (Å²) < 4.78 is 0. The van der Waals surface area contributed by atoms with Crippen molar-refractivity contribution in [2.45, 2.75) is 52.6 Å². The van der Waals surface area contributed by atoms with E-state index in [1.807, 2.05) is 0 Å². The van der Waals surface area contributed by atoms with Crippen molar-refractivity contribution >= 4 is 0 Å². The van der Waals surface area contributed by atoms with E-state index in [9.17, 15) is 0 Å². The highest BCUT2D eigenvalue weighted by Gasteiger charge is 2.11. The topological polar surface area (TPSA) is 3.24 Å². The molecular weight excluding hydrogens is 134 g/mol. The van der Waals surface area contributed by atoms with Crippen LogP contribution in [0.3, 0.4) is 0 Å². The number of rotatable bonds is 5. The van der Waals surface area contributed by atoms with Crippen molar-refractivity contribution in [2.75, 3.05) is 6.54 Å². The Balaban J connectivity index is 3.70. The zero-order valence-corrected chi connectivity index (χ0v) is 8.43. The van der Waals surface area contributed by atoms with Crippen LogP contribution in [0.4, 0.5) is 0 Å². The zero-order valence-electron chi connectivity index (χ0n) is 8.43. The molecule has 0 aliphatic rings. The molecule has 0 aromatic rings. The van der Waals surface area contributed by atoms with Crippen LogP contribution in [0.2, 0.25) is 0 Å². The van der Waals surface area contributed by atoms with Gasteiger partial charge in [-0.1, -0.05) is 13.3 Å². The summed E-state index contributed by atoms with van der Waals surface area (Å²) in [5, 5.41) is 0. The van der Waals surface area contributed by atoms with Crippen molar-refractivity contribution < 1.29 is 0 Å². The fourth-order valence-electron chi connectivity index (χ4n) is 1.41. The smallest absolute Gasteiger partial charge is 0.00412 e. The number of hydrogen-bond donors (Lipinski definition) is 0. The van der Waals surface area contributed by atoms with E-state index in [1.165, 1.54) is 13.0 Å². The van der Waals surface area contributed by atoms with E-state index in [0.29, 0.717) is 12.1 Å². The van der Waals surface area contributed by atoms with Gasteiger partial charge in [0.15, 0.2) is 0 Å². The van der Waals surface area contributed by atoms with Gasteiger partial charge >= 0.3 is 0 Å². The van der Waals surface area contributed by atoms with Crippen molar-refractivity contribution in [2.24, 2.45) is 0 Å². The van der Waals surface area contributed by atoms with Crippen molar-refractivity contribution in [3.8, 4) is 0 Å². The summed E-state index contributed by atoms with van der Waals surface area (Å²) in [5.41, 5.74) is 0. The molecule has 0 spiro atoms. The Hall–Kier alpha value is -0.0400. The van der Waals surface area contributed by atoms with Gasteiger partial charge in [-0.05, 0) is 40.7 Å². The van der Waals surface area contributed by atoms with Gasteiger partial charge < -0.3 is 0 Å².